The van der Waals surface area contributed by atoms with E-state index in [0.717, 1.165) is 4.99 Å². The van der Waals surface area contributed by atoms with Crippen LogP contribution in [-0.2, 0) is 0 Å². The normalized spacial score (nSPS) is 33.6. The lowest BCUT2D eigenvalue weighted by Crippen LogP contribution is -2.32. The van der Waals surface area contributed by atoms with Gasteiger partial charge >= 0.3 is 0 Å². The fourth-order valence-electron chi connectivity index (χ4n) is 2.51. The van der Waals surface area contributed by atoms with Crippen LogP contribution in [0.2, 0.25) is 0 Å². The van der Waals surface area contributed by atoms with E-state index in [0.29, 0.717) is 11.3 Å². The highest BCUT2D eigenvalue weighted by molar-refractivity contribution is 7.80. The van der Waals surface area contributed by atoms with Gasteiger partial charge in [-0.2, -0.15) is 0 Å². The van der Waals surface area contributed by atoms with Crippen LogP contribution in [0.4, 0.5) is 0 Å². The van der Waals surface area contributed by atoms with E-state index < -0.39 is 0 Å². The van der Waals surface area contributed by atoms with Gasteiger partial charge in [-0.1, -0.05) is 25.1 Å². The Morgan fingerprint density at radius 3 is 2.45 bits per heavy atom. The van der Waals surface area contributed by atoms with E-state index >= 15 is 0 Å². The molecule has 0 heterocycles. The van der Waals surface area contributed by atoms with Crippen molar-refractivity contribution in [2.45, 2.75) is 38.5 Å². The van der Waals surface area contributed by atoms with Crippen LogP contribution in [0, 0.1) is 11.3 Å². The van der Waals surface area contributed by atoms with E-state index in [1.54, 1.807) is 0 Å². The van der Waals surface area contributed by atoms with Gasteiger partial charge < -0.3 is 5.73 Å². The van der Waals surface area contributed by atoms with Crippen molar-refractivity contribution in [3.8, 4) is 0 Å². The zero-order valence-electron chi connectivity index (χ0n) is 6.81. The number of rotatable bonds is 1. The molecule has 2 aliphatic carbocycles. The number of hydrogen-bond acceptors (Lipinski definition) is 1. The van der Waals surface area contributed by atoms with Gasteiger partial charge in [0, 0.05) is 5.92 Å². The van der Waals surface area contributed by atoms with Crippen molar-refractivity contribution in [3.05, 3.63) is 0 Å². The van der Waals surface area contributed by atoms with Gasteiger partial charge in [0.25, 0.3) is 0 Å². The number of thiocarbonyl (C=S) groups is 1. The first-order chi connectivity index (χ1) is 5.25. The lowest BCUT2D eigenvalue weighted by molar-refractivity contribution is 0.278. The Labute approximate surface area is 73.3 Å². The molecule has 2 heteroatoms. The van der Waals surface area contributed by atoms with Crippen LogP contribution < -0.4 is 5.73 Å². The van der Waals surface area contributed by atoms with Crippen LogP contribution in [0.1, 0.15) is 38.5 Å². The second-order valence-electron chi connectivity index (χ2n) is 4.06. The average molecular weight is 169 g/mol. The summed E-state index contributed by atoms with van der Waals surface area (Å²) in [5.74, 6) is 0.589. The van der Waals surface area contributed by atoms with Crippen molar-refractivity contribution in [2.24, 2.45) is 17.1 Å². The maximum Gasteiger partial charge on any atom is 0.0764 e. The fourth-order valence-corrected chi connectivity index (χ4v) is 2.88. The molecule has 62 valence electrons. The lowest BCUT2D eigenvalue weighted by atomic mass is 9.76. The van der Waals surface area contributed by atoms with Gasteiger partial charge in [0.15, 0.2) is 0 Å². The Morgan fingerprint density at radius 2 is 2.00 bits per heavy atom. The molecule has 1 nitrogen and oxygen atoms in total. The molecule has 2 aliphatic rings. The van der Waals surface area contributed by atoms with E-state index in [2.05, 4.69) is 0 Å². The zero-order valence-corrected chi connectivity index (χ0v) is 7.62. The molecule has 0 aromatic rings. The molecule has 0 aromatic heterocycles. The van der Waals surface area contributed by atoms with Crippen LogP contribution in [-0.4, -0.2) is 4.99 Å². The maximum atomic E-state index is 5.71. The molecular formula is C9H15NS. The first-order valence-corrected chi connectivity index (χ1v) is 4.95. The number of hydrogen-bond donors (Lipinski definition) is 1. The van der Waals surface area contributed by atoms with Gasteiger partial charge in [0.05, 0.1) is 4.99 Å². The standard InChI is InChI=1S/C9H15NS/c10-8(11)7-3-1-2-4-9(7)5-6-9/h7H,1-6H2,(H2,10,11)/t7-/m0/s1. The summed E-state index contributed by atoms with van der Waals surface area (Å²) >= 11 is 5.08. The van der Waals surface area contributed by atoms with E-state index in [1.807, 2.05) is 0 Å². The summed E-state index contributed by atoms with van der Waals surface area (Å²) in [7, 11) is 0. The van der Waals surface area contributed by atoms with E-state index in [1.165, 1.54) is 38.5 Å². The van der Waals surface area contributed by atoms with Crippen LogP contribution >= 0.6 is 12.2 Å². The molecule has 0 unspecified atom stereocenters. The van der Waals surface area contributed by atoms with Crippen molar-refractivity contribution < 1.29 is 0 Å². The summed E-state index contributed by atoms with van der Waals surface area (Å²) in [5.41, 5.74) is 6.32. The van der Waals surface area contributed by atoms with Gasteiger partial charge in [-0.3, -0.25) is 0 Å². The molecule has 0 bridgehead atoms. The van der Waals surface area contributed by atoms with Crippen molar-refractivity contribution in [1.29, 1.82) is 0 Å². The van der Waals surface area contributed by atoms with Gasteiger partial charge in [-0.05, 0) is 31.1 Å². The maximum absolute atomic E-state index is 5.71. The smallest absolute Gasteiger partial charge is 0.0764 e. The Hall–Kier alpha value is -0.110. The minimum Gasteiger partial charge on any atom is -0.393 e. The van der Waals surface area contributed by atoms with Crippen LogP contribution in [0.3, 0.4) is 0 Å². The predicted octanol–water partition coefficient (Wildman–Crippen LogP) is 2.24. The fraction of sp³-hybridized carbons (Fsp3) is 0.889. The third-order valence-electron chi connectivity index (χ3n) is 3.39. The molecule has 0 radical (unpaired) electrons. The molecular weight excluding hydrogens is 154 g/mol. The zero-order chi connectivity index (χ0) is 7.90. The van der Waals surface area contributed by atoms with E-state index in [4.69, 9.17) is 18.0 Å². The minimum atomic E-state index is 0.589. The summed E-state index contributed by atoms with van der Waals surface area (Å²) in [6.07, 6.45) is 8.15. The Balaban J connectivity index is 2.10. The molecule has 0 aromatic carbocycles. The summed E-state index contributed by atoms with van der Waals surface area (Å²) < 4.78 is 0. The van der Waals surface area contributed by atoms with Gasteiger partial charge in [0.2, 0.25) is 0 Å². The van der Waals surface area contributed by atoms with Crippen LogP contribution in [0.15, 0.2) is 0 Å². The van der Waals surface area contributed by atoms with Gasteiger partial charge in [-0.25, -0.2) is 0 Å². The largest absolute Gasteiger partial charge is 0.393 e. The summed E-state index contributed by atoms with van der Waals surface area (Å²) in [6.45, 7) is 0. The Morgan fingerprint density at radius 1 is 1.27 bits per heavy atom. The van der Waals surface area contributed by atoms with Gasteiger partial charge in [-0.15, -0.1) is 0 Å². The molecule has 0 saturated heterocycles. The monoisotopic (exact) mass is 169 g/mol. The third kappa shape index (κ3) is 1.18. The average Bonchev–Trinajstić information content (AvgIpc) is 2.70. The van der Waals surface area contributed by atoms with Crippen LogP contribution in [0.5, 0.6) is 0 Å². The summed E-state index contributed by atoms with van der Waals surface area (Å²) in [6, 6.07) is 0. The first-order valence-electron chi connectivity index (χ1n) is 4.54. The minimum absolute atomic E-state index is 0.589. The molecule has 11 heavy (non-hydrogen) atoms. The molecule has 1 spiro atoms. The second-order valence-corrected chi connectivity index (χ2v) is 4.53. The third-order valence-corrected chi connectivity index (χ3v) is 3.68. The topological polar surface area (TPSA) is 26.0 Å². The van der Waals surface area contributed by atoms with Crippen LogP contribution in [0.25, 0.3) is 0 Å². The lowest BCUT2D eigenvalue weighted by Gasteiger charge is -2.30. The highest BCUT2D eigenvalue weighted by atomic mass is 32.1. The number of nitrogens with two attached hydrogens (primary N) is 1. The molecule has 0 amide bonds. The molecule has 2 fully saturated rings. The quantitative estimate of drug-likeness (QED) is 0.609. The summed E-state index contributed by atoms with van der Waals surface area (Å²) in [5, 5.41) is 0. The van der Waals surface area contributed by atoms with Crippen molar-refractivity contribution in [1.82, 2.24) is 0 Å². The van der Waals surface area contributed by atoms with Crippen molar-refractivity contribution in [3.63, 3.8) is 0 Å². The molecule has 2 saturated carbocycles. The van der Waals surface area contributed by atoms with E-state index in [9.17, 15) is 0 Å². The highest BCUT2D eigenvalue weighted by Gasteiger charge is 2.50. The Kier molecular flexibility index (Phi) is 1.67. The predicted molar refractivity (Wildman–Crippen MR) is 50.4 cm³/mol. The van der Waals surface area contributed by atoms with Gasteiger partial charge in [0.1, 0.15) is 0 Å². The van der Waals surface area contributed by atoms with E-state index in [-0.39, 0.29) is 0 Å². The van der Waals surface area contributed by atoms with Crippen molar-refractivity contribution >= 4 is 17.2 Å². The molecule has 2 rings (SSSR count). The molecule has 1 atom stereocenters. The first kappa shape index (κ1) is 7.53. The SMILES string of the molecule is NC(=S)[C@@H]1CCCCC12CC2. The summed E-state index contributed by atoms with van der Waals surface area (Å²) in [4.78, 5) is 0.780. The highest BCUT2D eigenvalue weighted by Crippen LogP contribution is 2.59. The molecule has 2 N–H and O–H groups in total. The second kappa shape index (κ2) is 2.44. The molecule has 0 aliphatic heterocycles. The van der Waals surface area contributed by atoms with Crippen molar-refractivity contribution in [2.75, 3.05) is 0 Å². The Bertz CT molecular complexity index is 184.